The maximum Gasteiger partial charge on any atom is 0.262 e. The zero-order valence-corrected chi connectivity index (χ0v) is 16.1. The lowest BCUT2D eigenvalue weighted by Crippen LogP contribution is -2.56. The Bertz CT molecular complexity index is 879. The van der Waals surface area contributed by atoms with Gasteiger partial charge in [-0.05, 0) is 38.0 Å². The number of carbonyl (C=O) groups excluding carboxylic acids is 4. The van der Waals surface area contributed by atoms with Crippen molar-refractivity contribution in [3.63, 3.8) is 0 Å². The molecule has 1 unspecified atom stereocenters. The van der Waals surface area contributed by atoms with Crippen molar-refractivity contribution in [2.45, 2.75) is 44.8 Å². The normalized spacial score (nSPS) is 25.1. The summed E-state index contributed by atoms with van der Waals surface area (Å²) in [6.07, 6.45) is 0.284. The number of piperazine rings is 1. The van der Waals surface area contributed by atoms with Gasteiger partial charge in [0, 0.05) is 38.1 Å². The monoisotopic (exact) mass is 384 g/mol. The van der Waals surface area contributed by atoms with E-state index < -0.39 is 23.8 Å². The van der Waals surface area contributed by atoms with Crippen molar-refractivity contribution in [3.05, 3.63) is 34.9 Å². The molecule has 2 fully saturated rings. The van der Waals surface area contributed by atoms with E-state index in [0.717, 1.165) is 30.1 Å². The molecular formula is C20H24N4O4. The fourth-order valence-electron chi connectivity index (χ4n) is 4.26. The molecule has 4 rings (SSSR count). The number of amides is 4. The largest absolute Gasteiger partial charge is 0.309 e. The molecular weight excluding hydrogens is 360 g/mol. The van der Waals surface area contributed by atoms with E-state index in [1.54, 1.807) is 12.1 Å². The second-order valence-corrected chi connectivity index (χ2v) is 8.35. The molecule has 0 bridgehead atoms. The molecule has 1 aromatic rings. The molecule has 8 heteroatoms. The van der Waals surface area contributed by atoms with Crippen LogP contribution in [0, 0.1) is 0 Å². The van der Waals surface area contributed by atoms with Gasteiger partial charge in [-0.2, -0.15) is 0 Å². The average Bonchev–Trinajstić information content (AvgIpc) is 2.85. The lowest BCUT2D eigenvalue weighted by atomic mass is 10.0. The Morgan fingerprint density at radius 3 is 2.57 bits per heavy atom. The van der Waals surface area contributed by atoms with Crippen LogP contribution in [0.1, 0.15) is 53.0 Å². The Hall–Kier alpha value is -2.58. The second-order valence-electron chi connectivity index (χ2n) is 8.35. The first-order valence-corrected chi connectivity index (χ1v) is 9.57. The number of imide groups is 2. The summed E-state index contributed by atoms with van der Waals surface area (Å²) < 4.78 is 0. The zero-order chi connectivity index (χ0) is 20.1. The van der Waals surface area contributed by atoms with Gasteiger partial charge in [0.2, 0.25) is 11.8 Å². The van der Waals surface area contributed by atoms with Crippen LogP contribution in [0.4, 0.5) is 0 Å². The van der Waals surface area contributed by atoms with E-state index in [0.29, 0.717) is 17.7 Å². The molecule has 4 amide bonds. The predicted molar refractivity (Wildman–Crippen MR) is 100 cm³/mol. The van der Waals surface area contributed by atoms with Crippen molar-refractivity contribution in [2.24, 2.45) is 0 Å². The first kappa shape index (κ1) is 18.8. The fraction of sp³-hybridized carbons (Fsp3) is 0.500. The minimum absolute atomic E-state index is 0.0311. The van der Waals surface area contributed by atoms with Gasteiger partial charge in [-0.25, -0.2) is 0 Å². The molecule has 2 saturated heterocycles. The number of fused-ring (bicyclic) bond motifs is 1. The maximum atomic E-state index is 12.9. The number of benzene rings is 1. The quantitative estimate of drug-likeness (QED) is 0.726. The third-order valence-electron chi connectivity index (χ3n) is 5.56. The molecule has 148 valence electrons. The van der Waals surface area contributed by atoms with Gasteiger partial charge >= 0.3 is 0 Å². The van der Waals surface area contributed by atoms with Crippen molar-refractivity contribution in [1.29, 1.82) is 0 Å². The maximum absolute atomic E-state index is 12.9. The van der Waals surface area contributed by atoms with Gasteiger partial charge in [0.25, 0.3) is 11.8 Å². The zero-order valence-electron chi connectivity index (χ0n) is 16.1. The van der Waals surface area contributed by atoms with Gasteiger partial charge in [0.1, 0.15) is 6.04 Å². The molecule has 28 heavy (non-hydrogen) atoms. The van der Waals surface area contributed by atoms with Crippen LogP contribution in [0.3, 0.4) is 0 Å². The number of carbonyl (C=O) groups is 4. The minimum Gasteiger partial charge on any atom is -0.309 e. The van der Waals surface area contributed by atoms with Crippen LogP contribution < -0.4 is 10.6 Å². The lowest BCUT2D eigenvalue weighted by molar-refractivity contribution is -0.136. The van der Waals surface area contributed by atoms with Crippen molar-refractivity contribution in [3.8, 4) is 0 Å². The lowest BCUT2D eigenvalue weighted by Gasteiger charge is -2.39. The average molecular weight is 384 g/mol. The highest BCUT2D eigenvalue weighted by Crippen LogP contribution is 2.28. The molecule has 3 aliphatic rings. The minimum atomic E-state index is -0.928. The number of rotatable bonds is 3. The first-order valence-electron chi connectivity index (χ1n) is 9.57. The number of piperidine rings is 1. The summed E-state index contributed by atoms with van der Waals surface area (Å²) in [5.74, 6) is -1.89. The number of hydrogen-bond acceptors (Lipinski definition) is 6. The summed E-state index contributed by atoms with van der Waals surface area (Å²) in [6, 6.07) is 4.37. The standard InChI is InChI=1S/C20H24N4O4/c1-20(2)11-23(8-7-21-20)10-12-3-4-13-14(9-12)19(28)24(18(13)27)15-5-6-16(25)22-17(15)26/h3-4,9,15,21H,5-8,10-11H2,1-2H3,(H,22,25,26). The highest BCUT2D eigenvalue weighted by atomic mass is 16.2. The molecule has 0 radical (unpaired) electrons. The summed E-state index contributed by atoms with van der Waals surface area (Å²) in [6.45, 7) is 7.70. The Kier molecular flexibility index (Phi) is 4.55. The van der Waals surface area contributed by atoms with Crippen LogP contribution in [-0.4, -0.2) is 64.6 Å². The van der Waals surface area contributed by atoms with Gasteiger partial charge in [-0.1, -0.05) is 6.07 Å². The van der Waals surface area contributed by atoms with E-state index >= 15 is 0 Å². The van der Waals surface area contributed by atoms with Crippen LogP contribution in [0.15, 0.2) is 18.2 Å². The molecule has 0 spiro atoms. The van der Waals surface area contributed by atoms with Crippen LogP contribution >= 0.6 is 0 Å². The molecule has 2 N–H and O–H groups in total. The summed E-state index contributed by atoms with van der Waals surface area (Å²) in [4.78, 5) is 52.5. The van der Waals surface area contributed by atoms with Gasteiger partial charge in [0.05, 0.1) is 11.1 Å². The van der Waals surface area contributed by atoms with Crippen LogP contribution in [0.25, 0.3) is 0 Å². The van der Waals surface area contributed by atoms with Crippen molar-refractivity contribution < 1.29 is 19.2 Å². The van der Waals surface area contributed by atoms with Crippen molar-refractivity contribution in [1.82, 2.24) is 20.4 Å². The molecule has 1 aromatic carbocycles. The molecule has 8 nitrogen and oxygen atoms in total. The van der Waals surface area contributed by atoms with Crippen LogP contribution in [0.5, 0.6) is 0 Å². The van der Waals surface area contributed by atoms with E-state index in [1.807, 2.05) is 6.07 Å². The van der Waals surface area contributed by atoms with Gasteiger partial charge in [0.15, 0.2) is 0 Å². The van der Waals surface area contributed by atoms with Gasteiger partial charge in [-0.3, -0.25) is 34.3 Å². The molecule has 0 saturated carbocycles. The third kappa shape index (κ3) is 3.33. The van der Waals surface area contributed by atoms with E-state index in [4.69, 9.17) is 0 Å². The SMILES string of the molecule is CC1(C)CN(Cc2ccc3c(c2)C(=O)N(C2CCC(=O)NC2=O)C3=O)CCN1. The molecule has 0 aromatic heterocycles. The van der Waals surface area contributed by atoms with Crippen molar-refractivity contribution >= 4 is 23.6 Å². The number of hydrogen-bond donors (Lipinski definition) is 2. The second kappa shape index (κ2) is 6.79. The summed E-state index contributed by atoms with van der Waals surface area (Å²) in [7, 11) is 0. The predicted octanol–water partition coefficient (Wildman–Crippen LogP) is 0.272. The van der Waals surface area contributed by atoms with Gasteiger partial charge < -0.3 is 5.32 Å². The number of nitrogens with one attached hydrogen (secondary N) is 2. The van der Waals surface area contributed by atoms with E-state index in [9.17, 15) is 19.2 Å². The molecule has 3 aliphatic heterocycles. The molecule has 1 atom stereocenters. The summed E-state index contributed by atoms with van der Waals surface area (Å²) in [5, 5.41) is 5.68. The van der Waals surface area contributed by atoms with Crippen LogP contribution in [0.2, 0.25) is 0 Å². The number of nitrogens with zero attached hydrogens (tertiary/aromatic N) is 2. The Balaban J connectivity index is 1.54. The highest BCUT2D eigenvalue weighted by molar-refractivity contribution is 6.23. The molecule has 0 aliphatic carbocycles. The van der Waals surface area contributed by atoms with Crippen LogP contribution in [-0.2, 0) is 16.1 Å². The Morgan fingerprint density at radius 2 is 1.86 bits per heavy atom. The summed E-state index contributed by atoms with van der Waals surface area (Å²) >= 11 is 0. The summed E-state index contributed by atoms with van der Waals surface area (Å²) in [5.41, 5.74) is 1.65. The highest BCUT2D eigenvalue weighted by Gasteiger charge is 2.44. The topological polar surface area (TPSA) is 98.8 Å². The third-order valence-corrected chi connectivity index (χ3v) is 5.56. The molecule has 3 heterocycles. The van der Waals surface area contributed by atoms with E-state index in [1.165, 1.54) is 0 Å². The Labute approximate surface area is 163 Å². The van der Waals surface area contributed by atoms with E-state index in [-0.39, 0.29) is 24.3 Å². The fourth-order valence-corrected chi connectivity index (χ4v) is 4.26. The first-order chi connectivity index (χ1) is 13.2. The Morgan fingerprint density at radius 1 is 1.11 bits per heavy atom. The van der Waals surface area contributed by atoms with Gasteiger partial charge in [-0.15, -0.1) is 0 Å². The van der Waals surface area contributed by atoms with Crippen molar-refractivity contribution in [2.75, 3.05) is 19.6 Å². The smallest absolute Gasteiger partial charge is 0.262 e. The van der Waals surface area contributed by atoms with E-state index in [2.05, 4.69) is 29.4 Å².